The monoisotopic (exact) mass is 474 g/mol. The van der Waals surface area contributed by atoms with Crippen LogP contribution in [0.15, 0.2) is 64.9 Å². The van der Waals surface area contributed by atoms with E-state index in [4.69, 9.17) is 4.74 Å². The highest BCUT2D eigenvalue weighted by molar-refractivity contribution is 9.10. The number of hydrogen-bond acceptors (Lipinski definition) is 3. The minimum absolute atomic E-state index is 0.125. The fourth-order valence-corrected chi connectivity index (χ4v) is 4.78. The average Bonchev–Trinajstić information content (AvgIpc) is 3.07. The second-order valence-corrected chi connectivity index (χ2v) is 9.01. The van der Waals surface area contributed by atoms with Crippen LogP contribution < -0.4 is 4.74 Å². The van der Waals surface area contributed by atoms with Gasteiger partial charge in [-0.25, -0.2) is 0 Å². The second-order valence-electron chi connectivity index (χ2n) is 8.09. The van der Waals surface area contributed by atoms with Crippen molar-refractivity contribution in [2.24, 2.45) is 0 Å². The number of ketones is 1. The van der Waals surface area contributed by atoms with Gasteiger partial charge in [-0.2, -0.15) is 0 Å². The van der Waals surface area contributed by atoms with E-state index in [1.54, 1.807) is 6.20 Å². The number of carbonyl (C=O) groups excluding carboxylic acids is 1. The fraction of sp³-hybridized carbons (Fsp3) is 0.231. The van der Waals surface area contributed by atoms with Crippen LogP contribution >= 0.6 is 15.9 Å². The van der Waals surface area contributed by atoms with Crippen molar-refractivity contribution in [1.82, 2.24) is 9.55 Å². The third-order valence-electron chi connectivity index (χ3n) is 5.72. The number of aromatic nitrogens is 2. The molecule has 0 N–H and O–H groups in total. The molecule has 5 rings (SSSR count). The van der Waals surface area contributed by atoms with Gasteiger partial charge in [-0.3, -0.25) is 9.78 Å². The molecule has 156 valence electrons. The first kappa shape index (κ1) is 20.0. The Labute approximate surface area is 189 Å². The molecule has 0 fully saturated rings. The molecule has 1 aliphatic heterocycles. The van der Waals surface area contributed by atoms with Crippen LogP contribution in [0.2, 0.25) is 0 Å². The van der Waals surface area contributed by atoms with Crippen molar-refractivity contribution in [3.05, 3.63) is 76.0 Å². The molecule has 0 aliphatic carbocycles. The van der Waals surface area contributed by atoms with E-state index in [1.807, 2.05) is 19.2 Å². The largest absolute Gasteiger partial charge is 0.486 e. The van der Waals surface area contributed by atoms with E-state index in [-0.39, 0.29) is 12.4 Å². The van der Waals surface area contributed by atoms with Crippen LogP contribution in [-0.2, 0) is 17.6 Å². The zero-order chi connectivity index (χ0) is 21.4. The van der Waals surface area contributed by atoms with E-state index in [2.05, 4.69) is 68.1 Å². The summed E-state index contributed by atoms with van der Waals surface area (Å²) in [6, 6.07) is 14.7. The molecule has 0 radical (unpaired) electrons. The fourth-order valence-electron chi connectivity index (χ4n) is 4.42. The number of benzene rings is 2. The van der Waals surface area contributed by atoms with Crippen LogP contribution in [0.1, 0.15) is 30.9 Å². The molecule has 0 atom stereocenters. The van der Waals surface area contributed by atoms with Crippen LogP contribution in [0.4, 0.5) is 0 Å². The molecule has 0 saturated heterocycles. The standard InChI is InChI=1S/C26H23BrN2O2/c1-2-4-21(30)16-31-22-11-19-10-18(9-17-5-3-8-28-14-17)15-29-25-7-6-20(27)12-23(25)24(13-22)26(19)29/h3,5-8,11-15H,2,4,9-10,16H2,1H3. The maximum atomic E-state index is 12.0. The van der Waals surface area contributed by atoms with E-state index in [0.717, 1.165) is 34.9 Å². The summed E-state index contributed by atoms with van der Waals surface area (Å²) in [5, 5.41) is 2.33. The number of hydrogen-bond donors (Lipinski definition) is 0. The smallest absolute Gasteiger partial charge is 0.170 e. The highest BCUT2D eigenvalue weighted by Gasteiger charge is 2.20. The Kier molecular flexibility index (Phi) is 5.36. The topological polar surface area (TPSA) is 44.1 Å². The van der Waals surface area contributed by atoms with Gasteiger partial charge < -0.3 is 9.30 Å². The van der Waals surface area contributed by atoms with Crippen molar-refractivity contribution >= 4 is 49.7 Å². The summed E-state index contributed by atoms with van der Waals surface area (Å²) in [4.78, 5) is 16.3. The lowest BCUT2D eigenvalue weighted by atomic mass is 9.96. The van der Waals surface area contributed by atoms with Crippen molar-refractivity contribution in [2.45, 2.75) is 32.6 Å². The van der Waals surface area contributed by atoms with E-state index >= 15 is 0 Å². The average molecular weight is 475 g/mol. The molecule has 31 heavy (non-hydrogen) atoms. The van der Waals surface area contributed by atoms with Gasteiger partial charge in [0.25, 0.3) is 0 Å². The second kappa shape index (κ2) is 8.31. The van der Waals surface area contributed by atoms with Gasteiger partial charge in [0.15, 0.2) is 5.78 Å². The molecular weight excluding hydrogens is 452 g/mol. The van der Waals surface area contributed by atoms with E-state index in [0.29, 0.717) is 6.42 Å². The van der Waals surface area contributed by atoms with Gasteiger partial charge in [-0.1, -0.05) is 28.9 Å². The lowest BCUT2D eigenvalue weighted by Crippen LogP contribution is -2.11. The molecule has 0 bridgehead atoms. The zero-order valence-electron chi connectivity index (χ0n) is 17.4. The van der Waals surface area contributed by atoms with E-state index < -0.39 is 0 Å². The number of carbonyl (C=O) groups is 1. The molecular formula is C26H23BrN2O2. The zero-order valence-corrected chi connectivity index (χ0v) is 19.0. The van der Waals surface area contributed by atoms with Crippen molar-refractivity contribution in [2.75, 3.05) is 6.61 Å². The van der Waals surface area contributed by atoms with E-state index in [1.165, 1.54) is 33.1 Å². The summed E-state index contributed by atoms with van der Waals surface area (Å²) in [6.07, 6.45) is 9.10. The van der Waals surface area contributed by atoms with Crippen LogP contribution in [0, 0.1) is 0 Å². The summed E-state index contributed by atoms with van der Waals surface area (Å²) in [7, 11) is 0. The number of allylic oxidation sites excluding steroid dienone is 1. The minimum Gasteiger partial charge on any atom is -0.486 e. The molecule has 2 aromatic heterocycles. The number of Topliss-reactive ketones (excluding diaryl/α,β-unsaturated/α-hetero) is 1. The summed E-state index contributed by atoms with van der Waals surface area (Å²) >= 11 is 3.62. The van der Waals surface area contributed by atoms with Crippen LogP contribution in [0.25, 0.3) is 28.0 Å². The van der Waals surface area contributed by atoms with Crippen LogP contribution in [-0.4, -0.2) is 21.9 Å². The lowest BCUT2D eigenvalue weighted by molar-refractivity contribution is -0.121. The third-order valence-corrected chi connectivity index (χ3v) is 6.22. The quantitative estimate of drug-likeness (QED) is 0.313. The number of nitrogens with zero attached hydrogens (tertiary/aromatic N) is 2. The normalized spacial score (nSPS) is 12.9. The molecule has 0 unspecified atom stereocenters. The molecule has 4 aromatic rings. The Morgan fingerprint density at radius 2 is 2.10 bits per heavy atom. The molecule has 4 nitrogen and oxygen atoms in total. The highest BCUT2D eigenvalue weighted by atomic mass is 79.9. The van der Waals surface area contributed by atoms with Gasteiger partial charge in [0.05, 0.1) is 11.0 Å². The Morgan fingerprint density at radius 1 is 1.19 bits per heavy atom. The Morgan fingerprint density at radius 3 is 2.90 bits per heavy atom. The van der Waals surface area contributed by atoms with Gasteiger partial charge in [0, 0.05) is 40.3 Å². The van der Waals surface area contributed by atoms with Crippen molar-refractivity contribution in [1.29, 1.82) is 0 Å². The maximum absolute atomic E-state index is 12.0. The first-order chi connectivity index (χ1) is 15.1. The molecule has 0 saturated carbocycles. The summed E-state index contributed by atoms with van der Waals surface area (Å²) in [5.74, 6) is 0.896. The first-order valence-corrected chi connectivity index (χ1v) is 11.4. The molecule has 2 aromatic carbocycles. The van der Waals surface area contributed by atoms with Crippen molar-refractivity contribution in [3.8, 4) is 5.75 Å². The number of fused-ring (bicyclic) bond motifs is 3. The summed E-state index contributed by atoms with van der Waals surface area (Å²) < 4.78 is 9.28. The molecule has 3 heterocycles. The Bertz CT molecular complexity index is 1320. The number of pyridine rings is 1. The summed E-state index contributed by atoms with van der Waals surface area (Å²) in [6.45, 7) is 2.14. The Balaban J connectivity index is 1.61. The molecule has 0 amide bonds. The van der Waals surface area contributed by atoms with Crippen molar-refractivity contribution in [3.63, 3.8) is 0 Å². The minimum atomic E-state index is 0.125. The number of halogens is 1. The lowest BCUT2D eigenvalue weighted by Gasteiger charge is -2.18. The van der Waals surface area contributed by atoms with Crippen LogP contribution in [0.3, 0.4) is 0 Å². The predicted octanol–water partition coefficient (Wildman–Crippen LogP) is 6.34. The highest BCUT2D eigenvalue weighted by Crippen LogP contribution is 2.39. The van der Waals surface area contributed by atoms with Gasteiger partial charge in [0.1, 0.15) is 12.4 Å². The molecule has 0 spiro atoms. The number of rotatable bonds is 7. The number of ether oxygens (including phenoxy) is 1. The van der Waals surface area contributed by atoms with Gasteiger partial charge in [-0.05, 0) is 72.4 Å². The van der Waals surface area contributed by atoms with Gasteiger partial charge >= 0.3 is 0 Å². The predicted molar refractivity (Wildman–Crippen MR) is 128 cm³/mol. The maximum Gasteiger partial charge on any atom is 0.170 e. The molecule has 5 heteroatoms. The SMILES string of the molecule is CCCC(=O)COc1cc2c3c(c1)c1cc(Br)ccc1n3C=C(Cc1cccnc1)C2. The van der Waals surface area contributed by atoms with Crippen LogP contribution in [0.5, 0.6) is 5.75 Å². The third kappa shape index (κ3) is 3.90. The Hall–Kier alpha value is -2.92. The first-order valence-electron chi connectivity index (χ1n) is 10.6. The van der Waals surface area contributed by atoms with Gasteiger partial charge in [-0.15, -0.1) is 0 Å². The molecule has 1 aliphatic rings. The van der Waals surface area contributed by atoms with E-state index in [9.17, 15) is 4.79 Å². The van der Waals surface area contributed by atoms with Crippen molar-refractivity contribution < 1.29 is 9.53 Å². The van der Waals surface area contributed by atoms with Gasteiger partial charge in [0.2, 0.25) is 0 Å². The summed E-state index contributed by atoms with van der Waals surface area (Å²) in [5.41, 5.74) is 6.13.